The van der Waals surface area contributed by atoms with Crippen LogP contribution in [0.15, 0.2) is 27.6 Å². The molecule has 0 aliphatic rings. The number of fused-ring (bicyclic) bond motifs is 1. The molecule has 0 amide bonds. The summed E-state index contributed by atoms with van der Waals surface area (Å²) in [6.07, 6.45) is 0.850. The molecule has 2 heterocycles. The van der Waals surface area contributed by atoms with Crippen molar-refractivity contribution in [1.29, 1.82) is 0 Å². The smallest absolute Gasteiger partial charge is 0.191 e. The number of halogens is 2. The molecule has 0 fully saturated rings. The SMILES string of the molecule is CN=C(NCCc1nc(C)c(C)s1)NCc1oc2ccc(F)cc2c1C.I. The van der Waals surface area contributed by atoms with E-state index in [1.165, 1.54) is 17.0 Å². The minimum absolute atomic E-state index is 0. The van der Waals surface area contributed by atoms with E-state index in [1.807, 2.05) is 13.8 Å². The van der Waals surface area contributed by atoms with Crippen LogP contribution in [0.2, 0.25) is 0 Å². The van der Waals surface area contributed by atoms with E-state index >= 15 is 0 Å². The van der Waals surface area contributed by atoms with E-state index in [-0.39, 0.29) is 29.8 Å². The quantitative estimate of drug-likeness (QED) is 0.307. The second-order valence-corrected chi connectivity index (χ2v) is 7.43. The zero-order valence-corrected chi connectivity index (χ0v) is 19.0. The van der Waals surface area contributed by atoms with Crippen molar-refractivity contribution in [2.75, 3.05) is 13.6 Å². The minimum Gasteiger partial charge on any atom is -0.459 e. The van der Waals surface area contributed by atoms with Crippen LogP contribution in [0.3, 0.4) is 0 Å². The Morgan fingerprint density at radius 3 is 2.70 bits per heavy atom. The fraction of sp³-hybridized carbons (Fsp3) is 0.368. The summed E-state index contributed by atoms with van der Waals surface area (Å²) in [6.45, 7) is 7.29. The number of thiazole rings is 1. The van der Waals surface area contributed by atoms with Crippen molar-refractivity contribution in [2.45, 2.75) is 33.7 Å². The average molecular weight is 502 g/mol. The van der Waals surface area contributed by atoms with Gasteiger partial charge in [0.05, 0.1) is 17.2 Å². The van der Waals surface area contributed by atoms with Crippen LogP contribution in [0.4, 0.5) is 4.39 Å². The number of aliphatic imine (C=N–C) groups is 1. The number of hydrogen-bond acceptors (Lipinski definition) is 4. The number of aryl methyl sites for hydroxylation is 3. The number of benzene rings is 1. The Hall–Kier alpha value is -1.68. The molecule has 0 saturated carbocycles. The van der Waals surface area contributed by atoms with Gasteiger partial charge in [-0.15, -0.1) is 35.3 Å². The van der Waals surface area contributed by atoms with E-state index in [2.05, 4.69) is 27.5 Å². The first kappa shape index (κ1) is 21.6. The highest BCUT2D eigenvalue weighted by atomic mass is 127. The summed E-state index contributed by atoms with van der Waals surface area (Å²) in [5, 5.41) is 8.45. The van der Waals surface area contributed by atoms with Gasteiger partial charge in [-0.2, -0.15) is 0 Å². The van der Waals surface area contributed by atoms with Crippen molar-refractivity contribution < 1.29 is 8.81 Å². The first-order chi connectivity index (χ1) is 12.5. The number of nitrogens with zero attached hydrogens (tertiary/aromatic N) is 2. The van der Waals surface area contributed by atoms with Crippen LogP contribution >= 0.6 is 35.3 Å². The third-order valence-corrected chi connectivity index (χ3v) is 5.47. The lowest BCUT2D eigenvalue weighted by molar-refractivity contribution is 0.534. The molecule has 0 atom stereocenters. The fourth-order valence-corrected chi connectivity index (χ4v) is 3.66. The molecule has 2 N–H and O–H groups in total. The second kappa shape index (κ2) is 9.50. The van der Waals surface area contributed by atoms with Gasteiger partial charge in [-0.05, 0) is 39.0 Å². The number of furan rings is 1. The molecular formula is C19H24FIN4OS. The molecule has 2 aromatic heterocycles. The summed E-state index contributed by atoms with van der Waals surface area (Å²) in [6, 6.07) is 4.57. The summed E-state index contributed by atoms with van der Waals surface area (Å²) in [5.41, 5.74) is 2.73. The topological polar surface area (TPSA) is 62.5 Å². The number of hydrogen-bond donors (Lipinski definition) is 2. The van der Waals surface area contributed by atoms with E-state index in [4.69, 9.17) is 4.42 Å². The van der Waals surface area contributed by atoms with Gasteiger partial charge in [-0.25, -0.2) is 9.37 Å². The Morgan fingerprint density at radius 2 is 2.04 bits per heavy atom. The monoisotopic (exact) mass is 502 g/mol. The van der Waals surface area contributed by atoms with E-state index in [0.717, 1.165) is 40.4 Å². The van der Waals surface area contributed by atoms with E-state index in [1.54, 1.807) is 24.5 Å². The van der Waals surface area contributed by atoms with E-state index in [0.29, 0.717) is 18.1 Å². The Balaban J connectivity index is 0.00000261. The van der Waals surface area contributed by atoms with Crippen molar-refractivity contribution in [1.82, 2.24) is 15.6 Å². The van der Waals surface area contributed by atoms with Crippen LogP contribution in [0.25, 0.3) is 11.0 Å². The highest BCUT2D eigenvalue weighted by molar-refractivity contribution is 14.0. The first-order valence-corrected chi connectivity index (χ1v) is 9.34. The molecule has 3 rings (SSSR count). The summed E-state index contributed by atoms with van der Waals surface area (Å²) in [7, 11) is 1.73. The molecule has 0 aliphatic heterocycles. The molecule has 0 bridgehead atoms. The standard InChI is InChI=1S/C19H23FN4OS.HI/c1-11-15-9-14(20)5-6-16(15)25-17(11)10-23-19(21-4)22-8-7-18-24-12(2)13(3)26-18;/h5-6,9H,7-8,10H2,1-4H3,(H2,21,22,23);1H. The maximum absolute atomic E-state index is 13.4. The molecular weight excluding hydrogens is 478 g/mol. The molecule has 146 valence electrons. The van der Waals surface area contributed by atoms with E-state index in [9.17, 15) is 4.39 Å². The second-order valence-electron chi connectivity index (χ2n) is 6.14. The third-order valence-electron chi connectivity index (χ3n) is 4.34. The van der Waals surface area contributed by atoms with Crippen molar-refractivity contribution in [2.24, 2.45) is 4.99 Å². The van der Waals surface area contributed by atoms with Crippen LogP contribution in [-0.2, 0) is 13.0 Å². The first-order valence-electron chi connectivity index (χ1n) is 8.53. The third kappa shape index (κ3) is 5.19. The van der Waals surface area contributed by atoms with Crippen LogP contribution in [-0.4, -0.2) is 24.5 Å². The van der Waals surface area contributed by atoms with Gasteiger partial charge in [0.2, 0.25) is 0 Å². The molecule has 0 aliphatic carbocycles. The van der Waals surface area contributed by atoms with E-state index < -0.39 is 0 Å². The summed E-state index contributed by atoms with van der Waals surface area (Å²) >= 11 is 1.73. The molecule has 0 saturated heterocycles. The molecule has 3 aromatic rings. The Bertz CT molecular complexity index is 931. The maximum atomic E-state index is 13.4. The number of nitrogens with one attached hydrogen (secondary N) is 2. The molecule has 27 heavy (non-hydrogen) atoms. The normalized spacial score (nSPS) is 11.5. The number of guanidine groups is 1. The summed E-state index contributed by atoms with van der Waals surface area (Å²) < 4.78 is 19.2. The van der Waals surface area contributed by atoms with Gasteiger partial charge in [0.25, 0.3) is 0 Å². The van der Waals surface area contributed by atoms with Gasteiger partial charge < -0.3 is 15.1 Å². The Morgan fingerprint density at radius 1 is 1.26 bits per heavy atom. The lowest BCUT2D eigenvalue weighted by Gasteiger charge is -2.10. The molecule has 0 unspecified atom stereocenters. The molecule has 5 nitrogen and oxygen atoms in total. The van der Waals surface area contributed by atoms with Gasteiger partial charge >= 0.3 is 0 Å². The largest absolute Gasteiger partial charge is 0.459 e. The molecule has 1 aromatic carbocycles. The van der Waals surface area contributed by atoms with Crippen LogP contribution in [0.5, 0.6) is 0 Å². The average Bonchev–Trinajstić information content (AvgIpc) is 3.10. The van der Waals surface area contributed by atoms with Crippen LogP contribution < -0.4 is 10.6 Å². The van der Waals surface area contributed by atoms with Crippen molar-refractivity contribution in [3.05, 3.63) is 50.9 Å². The number of aromatic nitrogens is 1. The summed E-state index contributed by atoms with van der Waals surface area (Å²) in [4.78, 5) is 10.0. The van der Waals surface area contributed by atoms with Crippen molar-refractivity contribution in [3.8, 4) is 0 Å². The summed E-state index contributed by atoms with van der Waals surface area (Å²) in [5.74, 6) is 1.21. The zero-order valence-electron chi connectivity index (χ0n) is 15.9. The van der Waals surface area contributed by atoms with Gasteiger partial charge in [0.15, 0.2) is 5.96 Å². The molecule has 8 heteroatoms. The van der Waals surface area contributed by atoms with Gasteiger partial charge in [-0.1, -0.05) is 0 Å². The minimum atomic E-state index is -0.258. The number of rotatable bonds is 5. The molecule has 0 radical (unpaired) electrons. The lowest BCUT2D eigenvalue weighted by Crippen LogP contribution is -2.37. The predicted molar refractivity (Wildman–Crippen MR) is 120 cm³/mol. The highest BCUT2D eigenvalue weighted by Crippen LogP contribution is 2.25. The predicted octanol–water partition coefficient (Wildman–Crippen LogP) is 4.48. The Kier molecular flexibility index (Phi) is 7.60. The van der Waals surface area contributed by atoms with Crippen molar-refractivity contribution >= 4 is 52.2 Å². The lowest BCUT2D eigenvalue weighted by atomic mass is 10.1. The highest BCUT2D eigenvalue weighted by Gasteiger charge is 2.12. The molecule has 0 spiro atoms. The van der Waals surface area contributed by atoms with Gasteiger partial charge in [0.1, 0.15) is 17.2 Å². The maximum Gasteiger partial charge on any atom is 0.191 e. The van der Waals surface area contributed by atoms with Crippen molar-refractivity contribution in [3.63, 3.8) is 0 Å². The zero-order chi connectivity index (χ0) is 18.7. The van der Waals surface area contributed by atoms with Crippen LogP contribution in [0, 0.1) is 26.6 Å². The Labute approximate surface area is 179 Å². The van der Waals surface area contributed by atoms with Gasteiger partial charge in [0, 0.05) is 35.8 Å². The fourth-order valence-electron chi connectivity index (χ4n) is 2.73. The van der Waals surface area contributed by atoms with Crippen LogP contribution in [0.1, 0.15) is 26.9 Å². The van der Waals surface area contributed by atoms with Gasteiger partial charge in [-0.3, -0.25) is 4.99 Å².